The van der Waals surface area contributed by atoms with Gasteiger partial charge in [-0.25, -0.2) is 0 Å². The molecule has 0 aromatic rings. The van der Waals surface area contributed by atoms with E-state index in [9.17, 15) is 4.79 Å². The van der Waals surface area contributed by atoms with Crippen LogP contribution < -0.4 is 0 Å². The van der Waals surface area contributed by atoms with Crippen molar-refractivity contribution in [3.63, 3.8) is 0 Å². The molecule has 2 fully saturated rings. The van der Waals surface area contributed by atoms with E-state index in [1.807, 2.05) is 6.92 Å². The van der Waals surface area contributed by atoms with Crippen molar-refractivity contribution in [3.05, 3.63) is 12.2 Å². The Balaban J connectivity index is 2.03. The molecule has 0 radical (unpaired) electrons. The average molecular weight is 164 g/mol. The Bertz CT molecular complexity index is 269. The first kappa shape index (κ1) is 6.70. The topological polar surface area (TPSA) is 26.3 Å². The van der Waals surface area contributed by atoms with Crippen molar-refractivity contribution in [2.75, 3.05) is 0 Å². The van der Waals surface area contributed by atoms with Gasteiger partial charge in [-0.2, -0.15) is 0 Å². The summed E-state index contributed by atoms with van der Waals surface area (Å²) in [6.07, 6.45) is 5.81. The molecule has 0 aromatic carbocycles. The van der Waals surface area contributed by atoms with E-state index in [1.165, 1.54) is 6.42 Å². The summed E-state index contributed by atoms with van der Waals surface area (Å²) in [5.74, 6) is 1.87. The minimum atomic E-state index is 0.0457. The summed E-state index contributed by atoms with van der Waals surface area (Å²) >= 11 is 0. The molecule has 2 nitrogen and oxygen atoms in total. The highest BCUT2D eigenvalue weighted by Crippen LogP contribution is 2.53. The molecule has 2 bridgehead atoms. The number of hydrogen-bond donors (Lipinski definition) is 0. The van der Waals surface area contributed by atoms with Crippen LogP contribution in [0.25, 0.3) is 0 Å². The molecular weight excluding hydrogens is 152 g/mol. The van der Waals surface area contributed by atoms with Gasteiger partial charge in [-0.15, -0.1) is 0 Å². The summed E-state index contributed by atoms with van der Waals surface area (Å²) in [6, 6.07) is 0. The standard InChI is InChI=1S/C10H12O2/c1-5-8-6-2-3-7(4-6)9(8)10(11)12-5/h2-3,5-9H,4H2,1H3/t5-,6+,7-,8+,9-/m0/s1. The highest BCUT2D eigenvalue weighted by atomic mass is 16.6. The van der Waals surface area contributed by atoms with E-state index in [0.29, 0.717) is 17.8 Å². The lowest BCUT2D eigenvalue weighted by Crippen LogP contribution is -2.22. The van der Waals surface area contributed by atoms with E-state index < -0.39 is 0 Å². The summed E-state index contributed by atoms with van der Waals surface area (Å²) in [6.45, 7) is 2.02. The van der Waals surface area contributed by atoms with Gasteiger partial charge in [-0.05, 0) is 25.2 Å². The van der Waals surface area contributed by atoms with E-state index in [0.717, 1.165) is 0 Å². The van der Waals surface area contributed by atoms with Crippen LogP contribution >= 0.6 is 0 Å². The maximum Gasteiger partial charge on any atom is 0.310 e. The SMILES string of the molecule is C[C@@H]1OC(=O)[C@@H]2[C@H]1[C@@H]1C=C[C@H]2C1. The Hall–Kier alpha value is -0.790. The molecule has 5 atom stereocenters. The Labute approximate surface area is 71.6 Å². The van der Waals surface area contributed by atoms with Crippen LogP contribution in [-0.2, 0) is 9.53 Å². The summed E-state index contributed by atoms with van der Waals surface area (Å²) in [5.41, 5.74) is 0. The lowest BCUT2D eigenvalue weighted by atomic mass is 9.82. The molecule has 1 heterocycles. The van der Waals surface area contributed by atoms with Gasteiger partial charge in [0.25, 0.3) is 0 Å². The first-order chi connectivity index (χ1) is 5.77. The van der Waals surface area contributed by atoms with Crippen LogP contribution in [0.15, 0.2) is 12.2 Å². The van der Waals surface area contributed by atoms with Crippen LogP contribution in [0.5, 0.6) is 0 Å². The van der Waals surface area contributed by atoms with Crippen LogP contribution in [0, 0.1) is 23.7 Å². The fourth-order valence-electron chi connectivity index (χ4n) is 3.17. The Kier molecular flexibility index (Phi) is 1.07. The first-order valence-corrected chi connectivity index (χ1v) is 4.66. The van der Waals surface area contributed by atoms with Gasteiger partial charge in [0, 0.05) is 5.92 Å². The number of hydrogen-bond acceptors (Lipinski definition) is 2. The number of allylic oxidation sites excluding steroid dienone is 2. The van der Waals surface area contributed by atoms with Gasteiger partial charge in [0.2, 0.25) is 0 Å². The summed E-state index contributed by atoms with van der Waals surface area (Å²) < 4.78 is 5.23. The van der Waals surface area contributed by atoms with Crippen LogP contribution in [0.4, 0.5) is 0 Å². The van der Waals surface area contributed by atoms with Gasteiger partial charge in [-0.3, -0.25) is 4.79 Å². The fraction of sp³-hybridized carbons (Fsp3) is 0.700. The number of esters is 1. The number of rotatable bonds is 0. The molecule has 0 spiro atoms. The maximum absolute atomic E-state index is 11.4. The smallest absolute Gasteiger partial charge is 0.310 e. The third-order valence-corrected chi connectivity index (χ3v) is 3.64. The molecule has 1 aliphatic heterocycles. The molecule has 12 heavy (non-hydrogen) atoms. The van der Waals surface area contributed by atoms with Gasteiger partial charge in [0.15, 0.2) is 0 Å². The summed E-state index contributed by atoms with van der Waals surface area (Å²) in [7, 11) is 0. The minimum Gasteiger partial charge on any atom is -0.462 e. The zero-order valence-electron chi connectivity index (χ0n) is 7.07. The highest BCUT2D eigenvalue weighted by molar-refractivity contribution is 5.77. The molecule has 0 aromatic heterocycles. The predicted octanol–water partition coefficient (Wildman–Crippen LogP) is 1.37. The number of fused-ring (bicyclic) bond motifs is 5. The second-order valence-corrected chi connectivity index (χ2v) is 4.19. The third kappa shape index (κ3) is 0.598. The molecule has 0 amide bonds. The predicted molar refractivity (Wildman–Crippen MR) is 43.3 cm³/mol. The van der Waals surface area contributed by atoms with E-state index in [2.05, 4.69) is 12.2 Å². The minimum absolute atomic E-state index is 0.0457. The van der Waals surface area contributed by atoms with Crippen molar-refractivity contribution in [3.8, 4) is 0 Å². The van der Waals surface area contributed by atoms with E-state index in [4.69, 9.17) is 4.74 Å². The zero-order valence-corrected chi connectivity index (χ0v) is 7.07. The maximum atomic E-state index is 11.4. The zero-order chi connectivity index (χ0) is 8.29. The van der Waals surface area contributed by atoms with Crippen LogP contribution in [0.3, 0.4) is 0 Å². The fourth-order valence-corrected chi connectivity index (χ4v) is 3.17. The quantitative estimate of drug-likeness (QED) is 0.399. The number of carbonyl (C=O) groups excluding carboxylic acids is 1. The molecule has 1 saturated carbocycles. The summed E-state index contributed by atoms with van der Waals surface area (Å²) in [4.78, 5) is 11.4. The van der Waals surface area contributed by atoms with Crippen molar-refractivity contribution in [2.24, 2.45) is 23.7 Å². The second-order valence-electron chi connectivity index (χ2n) is 4.19. The molecule has 3 aliphatic rings. The summed E-state index contributed by atoms with van der Waals surface area (Å²) in [5, 5.41) is 0. The van der Waals surface area contributed by atoms with Crippen molar-refractivity contribution >= 4 is 5.97 Å². The Morgan fingerprint density at radius 1 is 1.42 bits per heavy atom. The average Bonchev–Trinajstić information content (AvgIpc) is 2.64. The van der Waals surface area contributed by atoms with Crippen molar-refractivity contribution < 1.29 is 9.53 Å². The third-order valence-electron chi connectivity index (χ3n) is 3.64. The van der Waals surface area contributed by atoms with Crippen LogP contribution in [0.1, 0.15) is 13.3 Å². The van der Waals surface area contributed by atoms with Gasteiger partial charge in [0.1, 0.15) is 6.10 Å². The Morgan fingerprint density at radius 2 is 2.17 bits per heavy atom. The molecular formula is C10H12O2. The van der Waals surface area contributed by atoms with Crippen molar-refractivity contribution in [2.45, 2.75) is 19.4 Å². The second kappa shape index (κ2) is 1.93. The number of carbonyl (C=O) groups is 1. The largest absolute Gasteiger partial charge is 0.462 e. The number of cyclic esters (lactones) is 1. The van der Waals surface area contributed by atoms with Gasteiger partial charge < -0.3 is 4.74 Å². The van der Waals surface area contributed by atoms with Gasteiger partial charge in [-0.1, -0.05) is 12.2 Å². The van der Waals surface area contributed by atoms with Crippen molar-refractivity contribution in [1.29, 1.82) is 0 Å². The Morgan fingerprint density at radius 3 is 2.92 bits per heavy atom. The lowest BCUT2D eigenvalue weighted by Gasteiger charge is -2.18. The van der Waals surface area contributed by atoms with E-state index >= 15 is 0 Å². The monoisotopic (exact) mass is 164 g/mol. The van der Waals surface area contributed by atoms with Crippen molar-refractivity contribution in [1.82, 2.24) is 0 Å². The van der Waals surface area contributed by atoms with E-state index in [1.54, 1.807) is 0 Å². The molecule has 0 N–H and O–H groups in total. The molecule has 0 unspecified atom stereocenters. The molecule has 3 rings (SSSR count). The highest BCUT2D eigenvalue weighted by Gasteiger charge is 2.56. The molecule has 1 saturated heterocycles. The number of ether oxygens (including phenoxy) is 1. The molecule has 2 aliphatic carbocycles. The van der Waals surface area contributed by atoms with Gasteiger partial charge >= 0.3 is 5.97 Å². The van der Waals surface area contributed by atoms with Crippen LogP contribution in [0.2, 0.25) is 0 Å². The first-order valence-electron chi connectivity index (χ1n) is 4.66. The lowest BCUT2D eigenvalue weighted by molar-refractivity contribution is -0.144. The van der Waals surface area contributed by atoms with E-state index in [-0.39, 0.29) is 18.0 Å². The molecule has 64 valence electrons. The van der Waals surface area contributed by atoms with Crippen LogP contribution in [-0.4, -0.2) is 12.1 Å². The normalized spacial score (nSPS) is 54.4. The van der Waals surface area contributed by atoms with Gasteiger partial charge in [0.05, 0.1) is 5.92 Å². The molecule has 2 heteroatoms.